The van der Waals surface area contributed by atoms with Gasteiger partial charge in [0, 0.05) is 19.1 Å². The topological polar surface area (TPSA) is 63.4 Å². The van der Waals surface area contributed by atoms with Gasteiger partial charge in [0.05, 0.1) is 10.6 Å². The minimum atomic E-state index is -3.22. The number of nitrogens with zero attached hydrogens (tertiary/aromatic N) is 1. The second-order valence-corrected chi connectivity index (χ2v) is 7.74. The molecule has 0 amide bonds. The van der Waals surface area contributed by atoms with E-state index in [2.05, 4.69) is 25.7 Å². The molecule has 1 atom stereocenters. The number of nitrogens with two attached hydrogens (primary N) is 1. The summed E-state index contributed by atoms with van der Waals surface area (Å²) in [6.07, 6.45) is 0. The van der Waals surface area contributed by atoms with Crippen molar-refractivity contribution in [2.45, 2.75) is 38.3 Å². The van der Waals surface area contributed by atoms with Crippen LogP contribution in [-0.2, 0) is 16.4 Å². The molecule has 0 radical (unpaired) electrons. The van der Waals surface area contributed by atoms with E-state index in [1.165, 1.54) is 0 Å². The van der Waals surface area contributed by atoms with E-state index in [4.69, 9.17) is 5.73 Å². The Hall–Kier alpha value is -0.910. The fraction of sp³-hybridized carbons (Fsp3) is 0.600. The Kier molecular flexibility index (Phi) is 6.17. The van der Waals surface area contributed by atoms with Crippen LogP contribution in [0.25, 0.3) is 0 Å². The maximum atomic E-state index is 12.3. The zero-order chi connectivity index (χ0) is 15.3. The molecule has 1 aromatic rings. The molecule has 0 aromatic heterocycles. The van der Waals surface area contributed by atoms with Crippen LogP contribution in [0.1, 0.15) is 26.3 Å². The van der Waals surface area contributed by atoms with E-state index in [0.717, 1.165) is 5.56 Å². The van der Waals surface area contributed by atoms with Crippen LogP contribution < -0.4 is 5.73 Å². The highest BCUT2D eigenvalue weighted by molar-refractivity contribution is 7.91. The van der Waals surface area contributed by atoms with Gasteiger partial charge in [-0.3, -0.25) is 0 Å². The quantitative estimate of drug-likeness (QED) is 0.835. The van der Waals surface area contributed by atoms with Gasteiger partial charge in [0.1, 0.15) is 0 Å². The summed E-state index contributed by atoms with van der Waals surface area (Å²) in [5.41, 5.74) is 6.45. The van der Waals surface area contributed by atoms with Crippen LogP contribution in [0.4, 0.5) is 0 Å². The predicted octanol–water partition coefficient (Wildman–Crippen LogP) is 1.90. The maximum Gasteiger partial charge on any atom is 0.179 e. The number of hydrogen-bond acceptors (Lipinski definition) is 4. The lowest BCUT2D eigenvalue weighted by Gasteiger charge is -2.27. The normalized spacial score (nSPS) is 13.9. The average Bonchev–Trinajstić information content (AvgIpc) is 2.44. The number of benzene rings is 1. The monoisotopic (exact) mass is 298 g/mol. The third kappa shape index (κ3) is 4.58. The summed E-state index contributed by atoms with van der Waals surface area (Å²) >= 11 is 0. The number of sulfone groups is 1. The van der Waals surface area contributed by atoms with Crippen LogP contribution in [-0.4, -0.2) is 38.7 Å². The average molecular weight is 298 g/mol. The standard InChI is InChI=1S/C15H26N2O2S/c1-12(2)13(3)17(4)9-10-20(18,19)15-7-5-14(11-16)6-8-15/h5-8,12-13H,9-11,16H2,1-4H3. The van der Waals surface area contributed by atoms with E-state index in [9.17, 15) is 8.42 Å². The highest BCUT2D eigenvalue weighted by atomic mass is 32.2. The summed E-state index contributed by atoms with van der Waals surface area (Å²) in [4.78, 5) is 2.47. The second kappa shape index (κ2) is 7.20. The molecule has 1 unspecified atom stereocenters. The van der Waals surface area contributed by atoms with Gasteiger partial charge < -0.3 is 10.6 Å². The van der Waals surface area contributed by atoms with E-state index in [1.807, 2.05) is 7.05 Å². The van der Waals surface area contributed by atoms with Crippen molar-refractivity contribution in [3.63, 3.8) is 0 Å². The van der Waals surface area contributed by atoms with Crippen LogP contribution >= 0.6 is 0 Å². The van der Waals surface area contributed by atoms with E-state index in [1.54, 1.807) is 24.3 Å². The molecule has 1 aromatic carbocycles. The van der Waals surface area contributed by atoms with E-state index in [0.29, 0.717) is 29.9 Å². The van der Waals surface area contributed by atoms with Gasteiger partial charge in [0.15, 0.2) is 9.84 Å². The third-order valence-electron chi connectivity index (χ3n) is 3.89. The van der Waals surface area contributed by atoms with Gasteiger partial charge in [-0.1, -0.05) is 26.0 Å². The van der Waals surface area contributed by atoms with Gasteiger partial charge in [0.2, 0.25) is 0 Å². The van der Waals surface area contributed by atoms with Crippen molar-refractivity contribution in [3.8, 4) is 0 Å². The Balaban J connectivity index is 2.70. The van der Waals surface area contributed by atoms with Crippen LogP contribution in [0, 0.1) is 5.92 Å². The summed E-state index contributed by atoms with van der Waals surface area (Å²) in [6, 6.07) is 7.19. The second-order valence-electron chi connectivity index (χ2n) is 5.63. The van der Waals surface area contributed by atoms with Gasteiger partial charge in [-0.25, -0.2) is 8.42 Å². The van der Waals surface area contributed by atoms with Crippen LogP contribution in [0.15, 0.2) is 29.2 Å². The molecule has 1 rings (SSSR count). The lowest BCUT2D eigenvalue weighted by molar-refractivity contribution is 0.219. The molecule has 2 N–H and O–H groups in total. The predicted molar refractivity (Wildman–Crippen MR) is 83.3 cm³/mol. The number of hydrogen-bond donors (Lipinski definition) is 1. The Morgan fingerprint density at radius 2 is 1.70 bits per heavy atom. The van der Waals surface area contributed by atoms with Crippen molar-refractivity contribution in [2.24, 2.45) is 11.7 Å². The molecule has 0 aliphatic heterocycles. The minimum absolute atomic E-state index is 0.141. The first-order valence-corrected chi connectivity index (χ1v) is 8.65. The Morgan fingerprint density at radius 3 is 2.15 bits per heavy atom. The highest BCUT2D eigenvalue weighted by Crippen LogP contribution is 2.14. The van der Waals surface area contributed by atoms with E-state index >= 15 is 0 Å². The van der Waals surface area contributed by atoms with Crippen molar-refractivity contribution in [2.75, 3.05) is 19.3 Å². The van der Waals surface area contributed by atoms with Gasteiger partial charge in [-0.05, 0) is 37.6 Å². The summed E-state index contributed by atoms with van der Waals surface area (Å²) < 4.78 is 24.5. The highest BCUT2D eigenvalue weighted by Gasteiger charge is 2.18. The van der Waals surface area contributed by atoms with Crippen molar-refractivity contribution < 1.29 is 8.42 Å². The van der Waals surface area contributed by atoms with E-state index in [-0.39, 0.29) is 5.75 Å². The molecular formula is C15H26N2O2S. The first-order chi connectivity index (χ1) is 9.27. The van der Waals surface area contributed by atoms with Crippen LogP contribution in [0.5, 0.6) is 0 Å². The van der Waals surface area contributed by atoms with E-state index < -0.39 is 9.84 Å². The Bertz CT molecular complexity index is 509. The largest absolute Gasteiger partial charge is 0.326 e. The first kappa shape index (κ1) is 17.1. The molecule has 0 aliphatic carbocycles. The lowest BCUT2D eigenvalue weighted by atomic mass is 10.1. The van der Waals surface area contributed by atoms with Gasteiger partial charge >= 0.3 is 0 Å². The summed E-state index contributed by atoms with van der Waals surface area (Å²) in [5.74, 6) is 0.647. The zero-order valence-corrected chi connectivity index (χ0v) is 13.7. The fourth-order valence-electron chi connectivity index (χ4n) is 1.93. The molecule has 114 valence electrons. The van der Waals surface area contributed by atoms with Gasteiger partial charge in [-0.2, -0.15) is 0 Å². The van der Waals surface area contributed by atoms with Crippen LogP contribution in [0.2, 0.25) is 0 Å². The lowest BCUT2D eigenvalue weighted by Crippen LogP contribution is -2.36. The molecular weight excluding hydrogens is 272 g/mol. The Labute approximate surface area is 122 Å². The number of rotatable bonds is 7. The van der Waals surface area contributed by atoms with Crippen LogP contribution in [0.3, 0.4) is 0 Å². The SMILES string of the molecule is CC(C)C(C)N(C)CCS(=O)(=O)c1ccc(CN)cc1. The molecule has 0 saturated heterocycles. The maximum absolute atomic E-state index is 12.3. The van der Waals surface area contributed by atoms with Crippen molar-refractivity contribution >= 4 is 9.84 Å². The van der Waals surface area contributed by atoms with Crippen molar-refractivity contribution in [1.29, 1.82) is 0 Å². The molecule has 0 heterocycles. The summed E-state index contributed by atoms with van der Waals surface area (Å²) in [5, 5.41) is 0. The fourth-order valence-corrected chi connectivity index (χ4v) is 3.24. The minimum Gasteiger partial charge on any atom is -0.326 e. The molecule has 0 spiro atoms. The summed E-state index contributed by atoms with van der Waals surface area (Å²) in [7, 11) is -1.25. The summed E-state index contributed by atoms with van der Waals surface area (Å²) in [6.45, 7) is 7.37. The molecule has 0 aliphatic rings. The van der Waals surface area contributed by atoms with Crippen molar-refractivity contribution in [1.82, 2.24) is 4.90 Å². The van der Waals surface area contributed by atoms with Gasteiger partial charge in [-0.15, -0.1) is 0 Å². The molecule has 0 fully saturated rings. The smallest absolute Gasteiger partial charge is 0.179 e. The Morgan fingerprint density at radius 1 is 1.15 bits per heavy atom. The van der Waals surface area contributed by atoms with Gasteiger partial charge in [0.25, 0.3) is 0 Å². The molecule has 5 heteroatoms. The molecule has 4 nitrogen and oxygen atoms in total. The third-order valence-corrected chi connectivity index (χ3v) is 5.60. The molecule has 0 bridgehead atoms. The van der Waals surface area contributed by atoms with Crippen molar-refractivity contribution in [3.05, 3.63) is 29.8 Å². The molecule has 0 saturated carbocycles. The molecule has 20 heavy (non-hydrogen) atoms. The first-order valence-electron chi connectivity index (χ1n) is 7.00. The zero-order valence-electron chi connectivity index (χ0n) is 12.8.